The SMILES string of the molecule is Nc1nc(-c2ccccc2OCCC(=O)O)cs1. The molecule has 1 aromatic carbocycles. The van der Waals surface area contributed by atoms with Gasteiger partial charge in [0.25, 0.3) is 0 Å². The Kier molecular flexibility index (Phi) is 3.78. The molecule has 0 saturated heterocycles. The van der Waals surface area contributed by atoms with Crippen LogP contribution in [0.15, 0.2) is 29.6 Å². The first kappa shape index (κ1) is 12.4. The quantitative estimate of drug-likeness (QED) is 0.865. The molecule has 0 amide bonds. The molecule has 3 N–H and O–H groups in total. The topological polar surface area (TPSA) is 85.4 Å². The largest absolute Gasteiger partial charge is 0.492 e. The minimum atomic E-state index is -0.884. The van der Waals surface area contributed by atoms with Crippen LogP contribution in [-0.4, -0.2) is 22.7 Å². The number of aliphatic carboxylic acids is 1. The number of nitrogens with zero attached hydrogens (tertiary/aromatic N) is 1. The number of carbonyl (C=O) groups is 1. The second-order valence-corrected chi connectivity index (χ2v) is 4.45. The molecule has 6 heteroatoms. The van der Waals surface area contributed by atoms with E-state index in [9.17, 15) is 4.79 Å². The highest BCUT2D eigenvalue weighted by Gasteiger charge is 2.09. The van der Waals surface area contributed by atoms with E-state index in [1.807, 2.05) is 23.6 Å². The summed E-state index contributed by atoms with van der Waals surface area (Å²) in [6, 6.07) is 7.35. The lowest BCUT2D eigenvalue weighted by molar-refractivity contribution is -0.137. The predicted molar refractivity (Wildman–Crippen MR) is 69.7 cm³/mol. The molecule has 0 bridgehead atoms. The van der Waals surface area contributed by atoms with Crippen molar-refractivity contribution in [3.05, 3.63) is 29.6 Å². The minimum absolute atomic E-state index is 0.0342. The first-order valence-electron chi connectivity index (χ1n) is 5.32. The number of rotatable bonds is 5. The number of benzene rings is 1. The second-order valence-electron chi connectivity index (χ2n) is 3.56. The normalized spacial score (nSPS) is 10.2. The van der Waals surface area contributed by atoms with Crippen LogP contribution in [0.25, 0.3) is 11.3 Å². The molecule has 0 aliphatic rings. The third-order valence-corrected chi connectivity index (χ3v) is 2.93. The van der Waals surface area contributed by atoms with Gasteiger partial charge >= 0.3 is 5.97 Å². The number of hydrogen-bond acceptors (Lipinski definition) is 5. The van der Waals surface area contributed by atoms with Gasteiger partial charge in [-0.2, -0.15) is 0 Å². The van der Waals surface area contributed by atoms with Crippen LogP contribution in [0, 0.1) is 0 Å². The molecular formula is C12H12N2O3S. The lowest BCUT2D eigenvalue weighted by atomic mass is 10.1. The van der Waals surface area contributed by atoms with Crippen LogP contribution in [0.5, 0.6) is 5.75 Å². The fraction of sp³-hybridized carbons (Fsp3) is 0.167. The fourth-order valence-electron chi connectivity index (χ4n) is 1.46. The molecule has 0 aliphatic carbocycles. The Balaban J connectivity index is 2.18. The van der Waals surface area contributed by atoms with Gasteiger partial charge in [0.1, 0.15) is 5.75 Å². The summed E-state index contributed by atoms with van der Waals surface area (Å²) in [5.74, 6) is -0.269. The van der Waals surface area contributed by atoms with Crippen LogP contribution < -0.4 is 10.5 Å². The van der Waals surface area contributed by atoms with Crippen molar-refractivity contribution in [2.24, 2.45) is 0 Å². The first-order valence-corrected chi connectivity index (χ1v) is 6.20. The van der Waals surface area contributed by atoms with Gasteiger partial charge in [0, 0.05) is 10.9 Å². The third kappa shape index (κ3) is 2.98. The number of carboxylic acid groups (broad SMARTS) is 1. The van der Waals surface area contributed by atoms with E-state index in [0.29, 0.717) is 10.9 Å². The molecule has 0 aliphatic heterocycles. The zero-order chi connectivity index (χ0) is 13.0. The molecule has 5 nitrogen and oxygen atoms in total. The summed E-state index contributed by atoms with van der Waals surface area (Å²) < 4.78 is 5.45. The van der Waals surface area contributed by atoms with Gasteiger partial charge in [0.2, 0.25) is 0 Å². The number of anilines is 1. The third-order valence-electron chi connectivity index (χ3n) is 2.26. The molecule has 0 unspecified atom stereocenters. The van der Waals surface area contributed by atoms with Crippen molar-refractivity contribution in [1.82, 2.24) is 4.98 Å². The summed E-state index contributed by atoms with van der Waals surface area (Å²) in [7, 11) is 0. The lowest BCUT2D eigenvalue weighted by Crippen LogP contribution is -2.05. The summed E-state index contributed by atoms with van der Waals surface area (Å²) in [6.45, 7) is 0.131. The Morgan fingerprint density at radius 1 is 1.44 bits per heavy atom. The van der Waals surface area contributed by atoms with E-state index < -0.39 is 5.97 Å². The van der Waals surface area contributed by atoms with Crippen molar-refractivity contribution >= 4 is 22.4 Å². The number of nitrogen functional groups attached to an aromatic ring is 1. The van der Waals surface area contributed by atoms with Crippen molar-refractivity contribution in [3.63, 3.8) is 0 Å². The smallest absolute Gasteiger partial charge is 0.306 e. The van der Waals surface area contributed by atoms with Crippen LogP contribution in [0.3, 0.4) is 0 Å². The number of ether oxygens (including phenoxy) is 1. The zero-order valence-electron chi connectivity index (χ0n) is 9.50. The van der Waals surface area contributed by atoms with E-state index in [-0.39, 0.29) is 13.0 Å². The maximum absolute atomic E-state index is 10.4. The van der Waals surface area contributed by atoms with Gasteiger partial charge in [-0.15, -0.1) is 11.3 Å². The number of thiazole rings is 1. The summed E-state index contributed by atoms with van der Waals surface area (Å²) in [5, 5.41) is 10.9. The maximum Gasteiger partial charge on any atom is 0.306 e. The van der Waals surface area contributed by atoms with Gasteiger partial charge in [-0.3, -0.25) is 4.79 Å². The molecule has 0 saturated carbocycles. The number of aromatic nitrogens is 1. The summed E-state index contributed by atoms with van der Waals surface area (Å²) in [5.41, 5.74) is 7.15. The van der Waals surface area contributed by atoms with Crippen LogP contribution in [0.4, 0.5) is 5.13 Å². The molecule has 1 aromatic heterocycles. The number of nitrogens with two attached hydrogens (primary N) is 1. The van der Waals surface area contributed by atoms with Gasteiger partial charge in [0.15, 0.2) is 5.13 Å². The molecular weight excluding hydrogens is 252 g/mol. The highest BCUT2D eigenvalue weighted by Crippen LogP contribution is 2.31. The molecule has 2 rings (SSSR count). The first-order chi connectivity index (χ1) is 8.66. The average Bonchev–Trinajstić information content (AvgIpc) is 2.76. The highest BCUT2D eigenvalue weighted by atomic mass is 32.1. The Morgan fingerprint density at radius 3 is 2.89 bits per heavy atom. The number of para-hydroxylation sites is 1. The fourth-order valence-corrected chi connectivity index (χ4v) is 2.03. The van der Waals surface area contributed by atoms with Crippen LogP contribution in [0.2, 0.25) is 0 Å². The van der Waals surface area contributed by atoms with Gasteiger partial charge in [-0.05, 0) is 12.1 Å². The Bertz CT molecular complexity index is 554. The Labute approximate surface area is 108 Å². The summed E-state index contributed by atoms with van der Waals surface area (Å²) in [6.07, 6.45) is -0.0342. The molecule has 2 aromatic rings. The van der Waals surface area contributed by atoms with Gasteiger partial charge in [0.05, 0.1) is 18.7 Å². The summed E-state index contributed by atoms with van der Waals surface area (Å²) in [4.78, 5) is 14.6. The predicted octanol–water partition coefficient (Wildman–Crippen LogP) is 2.25. The van der Waals surface area contributed by atoms with Crippen molar-refractivity contribution in [2.75, 3.05) is 12.3 Å². The molecule has 18 heavy (non-hydrogen) atoms. The van der Waals surface area contributed by atoms with Crippen molar-refractivity contribution in [2.45, 2.75) is 6.42 Å². The molecule has 0 fully saturated rings. The van der Waals surface area contributed by atoms with E-state index >= 15 is 0 Å². The monoisotopic (exact) mass is 264 g/mol. The minimum Gasteiger partial charge on any atom is -0.492 e. The van der Waals surface area contributed by atoms with Gasteiger partial charge in [-0.1, -0.05) is 12.1 Å². The number of carboxylic acids is 1. The standard InChI is InChI=1S/C12H12N2O3S/c13-12-14-9(7-18-12)8-3-1-2-4-10(8)17-6-5-11(15)16/h1-4,7H,5-6H2,(H2,13,14)(H,15,16). The summed E-state index contributed by atoms with van der Waals surface area (Å²) >= 11 is 1.35. The lowest BCUT2D eigenvalue weighted by Gasteiger charge is -2.08. The van der Waals surface area contributed by atoms with Gasteiger partial charge < -0.3 is 15.6 Å². The van der Waals surface area contributed by atoms with Crippen LogP contribution in [-0.2, 0) is 4.79 Å². The van der Waals surface area contributed by atoms with E-state index in [1.165, 1.54) is 11.3 Å². The van der Waals surface area contributed by atoms with E-state index in [2.05, 4.69) is 4.98 Å². The van der Waals surface area contributed by atoms with E-state index in [4.69, 9.17) is 15.6 Å². The van der Waals surface area contributed by atoms with Crippen molar-refractivity contribution < 1.29 is 14.6 Å². The highest BCUT2D eigenvalue weighted by molar-refractivity contribution is 7.13. The molecule has 1 heterocycles. The number of hydrogen-bond donors (Lipinski definition) is 2. The van der Waals surface area contributed by atoms with E-state index in [0.717, 1.165) is 11.3 Å². The maximum atomic E-state index is 10.4. The van der Waals surface area contributed by atoms with Crippen molar-refractivity contribution in [3.8, 4) is 17.0 Å². The Morgan fingerprint density at radius 2 is 2.22 bits per heavy atom. The Hall–Kier alpha value is -2.08. The second kappa shape index (κ2) is 5.50. The average molecular weight is 264 g/mol. The molecule has 0 radical (unpaired) electrons. The van der Waals surface area contributed by atoms with Crippen molar-refractivity contribution in [1.29, 1.82) is 0 Å². The van der Waals surface area contributed by atoms with Crippen LogP contribution in [0.1, 0.15) is 6.42 Å². The molecule has 0 atom stereocenters. The molecule has 94 valence electrons. The molecule has 0 spiro atoms. The van der Waals surface area contributed by atoms with E-state index in [1.54, 1.807) is 6.07 Å². The van der Waals surface area contributed by atoms with Crippen LogP contribution >= 0.6 is 11.3 Å². The zero-order valence-corrected chi connectivity index (χ0v) is 10.3. The van der Waals surface area contributed by atoms with Gasteiger partial charge in [-0.25, -0.2) is 4.98 Å².